The first-order valence-electron chi connectivity index (χ1n) is 13.1. The van der Waals surface area contributed by atoms with Gasteiger partial charge in [-0.05, 0) is 72.5 Å². The maximum Gasteiger partial charge on any atom is 0.255 e. The molecule has 4 aromatic carbocycles. The summed E-state index contributed by atoms with van der Waals surface area (Å²) in [6, 6.07) is 22.9. The van der Waals surface area contributed by atoms with Crippen LogP contribution in [0.3, 0.4) is 0 Å². The highest BCUT2D eigenvalue weighted by Crippen LogP contribution is 2.46. The zero-order chi connectivity index (χ0) is 28.7. The third-order valence-corrected chi connectivity index (χ3v) is 7.52. The van der Waals surface area contributed by atoms with Crippen molar-refractivity contribution < 1.29 is 27.5 Å². The summed E-state index contributed by atoms with van der Waals surface area (Å²) in [4.78, 5) is 26.5. The second kappa shape index (κ2) is 10.2. The predicted octanol–water partition coefficient (Wildman–Crippen LogP) is 6.83. The number of ether oxygens (including phenoxy) is 1. The van der Waals surface area contributed by atoms with Gasteiger partial charge in [-0.15, -0.1) is 0 Å². The largest absolute Gasteiger partial charge is 0.495 e. The minimum absolute atomic E-state index is 0.0782. The summed E-state index contributed by atoms with van der Waals surface area (Å²) in [6.07, 6.45) is 1.60. The number of carbonyl (C=O) groups is 2. The number of fused-ring (bicyclic) bond motifs is 1. The number of halogens is 2. The van der Waals surface area contributed by atoms with Gasteiger partial charge < -0.3 is 19.8 Å². The van der Waals surface area contributed by atoms with Gasteiger partial charge >= 0.3 is 0 Å². The summed E-state index contributed by atoms with van der Waals surface area (Å²) >= 11 is 0. The number of methoxy groups -OCH3 is 1. The van der Waals surface area contributed by atoms with E-state index in [1.165, 1.54) is 50.6 Å². The van der Waals surface area contributed by atoms with Crippen LogP contribution < -0.4 is 15.4 Å². The summed E-state index contributed by atoms with van der Waals surface area (Å²) in [5.41, 5.74) is 2.34. The first kappa shape index (κ1) is 26.3. The maximum absolute atomic E-state index is 15.5. The first-order valence-corrected chi connectivity index (χ1v) is 13.1. The molecule has 0 atom stereocenters. The van der Waals surface area contributed by atoms with Crippen molar-refractivity contribution in [1.29, 1.82) is 0 Å². The average Bonchev–Trinajstić information content (AvgIpc) is 3.68. The minimum Gasteiger partial charge on any atom is -0.495 e. The lowest BCUT2D eigenvalue weighted by molar-refractivity contribution is 0.0926. The van der Waals surface area contributed by atoms with E-state index in [4.69, 9.17) is 9.15 Å². The highest BCUT2D eigenvalue weighted by molar-refractivity contribution is 6.12. The first-order chi connectivity index (χ1) is 19.8. The smallest absolute Gasteiger partial charge is 0.255 e. The molecule has 0 unspecified atom stereocenters. The van der Waals surface area contributed by atoms with Crippen molar-refractivity contribution >= 4 is 22.8 Å². The number of carbonyl (C=O) groups excluding carboxylic acids is 2. The van der Waals surface area contributed by atoms with Gasteiger partial charge in [0.2, 0.25) is 0 Å². The topological polar surface area (TPSA) is 80.6 Å². The lowest BCUT2D eigenvalue weighted by Gasteiger charge is -2.20. The van der Waals surface area contributed by atoms with Crippen molar-refractivity contribution in [2.45, 2.75) is 18.4 Å². The molecule has 6 rings (SSSR count). The Labute approximate surface area is 234 Å². The third kappa shape index (κ3) is 4.61. The van der Waals surface area contributed by atoms with Crippen LogP contribution in [-0.2, 0) is 5.54 Å². The Balaban J connectivity index is 1.45. The highest BCUT2D eigenvalue weighted by Gasteiger charge is 2.46. The van der Waals surface area contributed by atoms with Gasteiger partial charge in [0, 0.05) is 18.0 Å². The second-order valence-corrected chi connectivity index (χ2v) is 10.0. The van der Waals surface area contributed by atoms with Crippen LogP contribution >= 0.6 is 0 Å². The van der Waals surface area contributed by atoms with E-state index in [9.17, 15) is 14.0 Å². The van der Waals surface area contributed by atoms with Crippen molar-refractivity contribution in [2.75, 3.05) is 14.2 Å². The molecule has 5 aromatic rings. The average molecular weight is 553 g/mol. The van der Waals surface area contributed by atoms with Crippen LogP contribution in [0.1, 0.15) is 39.1 Å². The number of hydrogen-bond donors (Lipinski definition) is 2. The van der Waals surface area contributed by atoms with E-state index in [1.54, 1.807) is 18.2 Å². The van der Waals surface area contributed by atoms with Crippen LogP contribution in [0.15, 0.2) is 89.3 Å². The summed E-state index contributed by atoms with van der Waals surface area (Å²) in [5.74, 6) is -1.47. The monoisotopic (exact) mass is 552 g/mol. The molecule has 1 saturated carbocycles. The molecule has 1 aliphatic carbocycles. The Kier molecular flexibility index (Phi) is 6.53. The lowest BCUT2D eigenvalue weighted by atomic mass is 9.96. The molecular formula is C33H26F2N2O4. The maximum atomic E-state index is 15.5. The number of nitrogens with one attached hydrogen (secondary N) is 2. The molecule has 1 fully saturated rings. The zero-order valence-corrected chi connectivity index (χ0v) is 22.4. The predicted molar refractivity (Wildman–Crippen MR) is 152 cm³/mol. The number of benzene rings is 4. The van der Waals surface area contributed by atoms with Crippen molar-refractivity contribution in [3.63, 3.8) is 0 Å². The number of amides is 2. The van der Waals surface area contributed by atoms with Crippen LogP contribution in [0.4, 0.5) is 8.78 Å². The van der Waals surface area contributed by atoms with E-state index in [2.05, 4.69) is 10.6 Å². The summed E-state index contributed by atoms with van der Waals surface area (Å²) in [6.45, 7) is 0. The van der Waals surface area contributed by atoms with Crippen LogP contribution in [-0.4, -0.2) is 26.0 Å². The molecule has 0 aliphatic heterocycles. The Morgan fingerprint density at radius 3 is 2.24 bits per heavy atom. The SMILES string of the molecule is CNC(=O)c1c(-c2ccc(F)cc2)oc2ccc(-c3c(F)ccc(C(=O)NC4(c5ccccc5)CC4)c3OC)cc12. The molecule has 0 radical (unpaired) electrons. The van der Waals surface area contributed by atoms with Gasteiger partial charge in [-0.1, -0.05) is 36.4 Å². The summed E-state index contributed by atoms with van der Waals surface area (Å²) in [5, 5.41) is 6.17. The van der Waals surface area contributed by atoms with E-state index in [0.717, 1.165) is 18.4 Å². The Morgan fingerprint density at radius 2 is 1.59 bits per heavy atom. The molecule has 1 heterocycles. The van der Waals surface area contributed by atoms with Crippen molar-refractivity contribution in [1.82, 2.24) is 10.6 Å². The Hall–Kier alpha value is -4.98. The van der Waals surface area contributed by atoms with Crippen LogP contribution in [0.5, 0.6) is 5.75 Å². The fourth-order valence-electron chi connectivity index (χ4n) is 5.28. The van der Waals surface area contributed by atoms with Crippen LogP contribution in [0.25, 0.3) is 33.4 Å². The van der Waals surface area contributed by atoms with E-state index in [0.29, 0.717) is 22.1 Å². The summed E-state index contributed by atoms with van der Waals surface area (Å²) < 4.78 is 40.7. The van der Waals surface area contributed by atoms with Crippen molar-refractivity contribution in [2.24, 2.45) is 0 Å². The molecule has 0 saturated heterocycles. The Bertz CT molecular complexity index is 1790. The molecule has 1 aromatic heterocycles. The number of furan rings is 1. The molecule has 2 amide bonds. The fourth-order valence-corrected chi connectivity index (χ4v) is 5.28. The van der Waals surface area contributed by atoms with Gasteiger partial charge in [0.15, 0.2) is 0 Å². The second-order valence-electron chi connectivity index (χ2n) is 10.0. The number of hydrogen-bond acceptors (Lipinski definition) is 4. The van der Waals surface area contributed by atoms with Gasteiger partial charge in [0.25, 0.3) is 11.8 Å². The normalized spacial score (nSPS) is 13.6. The molecule has 2 N–H and O–H groups in total. The lowest BCUT2D eigenvalue weighted by Crippen LogP contribution is -2.35. The van der Waals surface area contributed by atoms with Crippen molar-refractivity contribution in [3.05, 3.63) is 113 Å². The fraction of sp³-hybridized carbons (Fsp3) is 0.152. The van der Waals surface area contributed by atoms with E-state index in [1.807, 2.05) is 30.3 Å². The van der Waals surface area contributed by atoms with E-state index >= 15 is 4.39 Å². The van der Waals surface area contributed by atoms with Gasteiger partial charge in [-0.2, -0.15) is 0 Å². The molecule has 0 spiro atoms. The van der Waals surface area contributed by atoms with E-state index < -0.39 is 23.1 Å². The molecule has 0 bridgehead atoms. The van der Waals surface area contributed by atoms with Crippen LogP contribution in [0.2, 0.25) is 0 Å². The van der Waals surface area contributed by atoms with Crippen molar-refractivity contribution in [3.8, 4) is 28.2 Å². The number of rotatable bonds is 7. The third-order valence-electron chi connectivity index (χ3n) is 7.52. The molecule has 41 heavy (non-hydrogen) atoms. The summed E-state index contributed by atoms with van der Waals surface area (Å²) in [7, 11) is 2.88. The molecule has 6 nitrogen and oxygen atoms in total. The standard InChI is InChI=1S/C33H26F2N2O4/c1-36-32(39)28-24-18-20(10-15-26(24)41-29(28)19-8-11-22(34)12-9-19)27-25(35)14-13-23(30(27)40-2)31(38)37-33(16-17-33)21-6-4-3-5-7-21/h3-15,18H,16-17H2,1-2H3,(H,36,39)(H,37,38). The van der Waals surface area contributed by atoms with E-state index in [-0.39, 0.29) is 34.1 Å². The Morgan fingerprint density at radius 1 is 0.878 bits per heavy atom. The minimum atomic E-state index is -0.592. The highest BCUT2D eigenvalue weighted by atomic mass is 19.1. The van der Waals surface area contributed by atoms with Gasteiger partial charge in [0.1, 0.15) is 28.7 Å². The molecule has 1 aliphatic rings. The zero-order valence-electron chi connectivity index (χ0n) is 22.4. The molecule has 206 valence electrons. The van der Waals surface area contributed by atoms with Gasteiger partial charge in [0.05, 0.1) is 29.3 Å². The van der Waals surface area contributed by atoms with Crippen LogP contribution in [0, 0.1) is 11.6 Å². The van der Waals surface area contributed by atoms with Gasteiger partial charge in [-0.25, -0.2) is 8.78 Å². The quantitative estimate of drug-likeness (QED) is 0.232. The molecule has 8 heteroatoms. The molecular weight excluding hydrogens is 526 g/mol. The van der Waals surface area contributed by atoms with Gasteiger partial charge in [-0.3, -0.25) is 9.59 Å².